The van der Waals surface area contributed by atoms with Crippen LogP contribution in [0.3, 0.4) is 0 Å². The molecule has 0 aliphatic rings. The molecule has 0 radical (unpaired) electrons. The highest BCUT2D eigenvalue weighted by atomic mass is 35.5. The maximum Gasteiger partial charge on any atom is 0.137 e. The Kier molecular flexibility index (Phi) is 4.33. The van der Waals surface area contributed by atoms with Crippen LogP contribution in [0.2, 0.25) is 0 Å². The Bertz CT molecular complexity index is 637. The third-order valence-electron chi connectivity index (χ3n) is 3.36. The Labute approximate surface area is 118 Å². The van der Waals surface area contributed by atoms with Gasteiger partial charge in [-0.2, -0.15) is 0 Å². The predicted octanol–water partition coefficient (Wildman–Crippen LogP) is 4.58. The summed E-state index contributed by atoms with van der Waals surface area (Å²) in [5.41, 5.74) is 10.00. The average Bonchev–Trinajstić information content (AvgIpc) is 2.82. The summed E-state index contributed by atoms with van der Waals surface area (Å²) in [5, 5.41) is 1.76. The number of halogens is 1. The van der Waals surface area contributed by atoms with Crippen LogP contribution in [0.5, 0.6) is 0 Å². The normalized spacial score (nSPS) is 12.7. The van der Waals surface area contributed by atoms with E-state index in [2.05, 4.69) is 26.0 Å². The van der Waals surface area contributed by atoms with Crippen LogP contribution in [0.25, 0.3) is 11.0 Å². The molecule has 0 amide bonds. The minimum atomic E-state index is 0.559. The topological polar surface area (TPSA) is 39.2 Å². The molecule has 1 heterocycles. The van der Waals surface area contributed by atoms with Crippen molar-refractivity contribution in [2.75, 3.05) is 0 Å². The van der Waals surface area contributed by atoms with Gasteiger partial charge in [0.15, 0.2) is 0 Å². The van der Waals surface area contributed by atoms with Crippen LogP contribution in [-0.4, -0.2) is 0 Å². The molecule has 0 aliphatic heterocycles. The Balaban J connectivity index is 2.14. The van der Waals surface area contributed by atoms with Gasteiger partial charge < -0.3 is 10.2 Å². The molecule has 19 heavy (non-hydrogen) atoms. The molecule has 0 atom stereocenters. The van der Waals surface area contributed by atoms with Gasteiger partial charge in [-0.3, -0.25) is 0 Å². The standard InChI is InChI=1S/C16H18ClNO/c1-11-7-8-15-13(10-19-16(15)12(11)2)5-3-4-6-14(17)9-18/h4,6-10H,3,5,18H2,1-2H3/b6-4-,14-9+. The minimum Gasteiger partial charge on any atom is -0.464 e. The molecule has 0 unspecified atom stereocenters. The SMILES string of the molecule is Cc1ccc2c(CC/C=C\C(Cl)=C/N)coc2c1C. The van der Waals surface area contributed by atoms with Gasteiger partial charge in [-0.25, -0.2) is 0 Å². The van der Waals surface area contributed by atoms with Gasteiger partial charge in [-0.05, 0) is 49.5 Å². The first kappa shape index (κ1) is 13.8. The van der Waals surface area contributed by atoms with E-state index in [1.807, 2.05) is 18.4 Å². The van der Waals surface area contributed by atoms with Crippen LogP contribution in [0.1, 0.15) is 23.1 Å². The molecule has 2 nitrogen and oxygen atoms in total. The molecule has 3 heteroatoms. The van der Waals surface area contributed by atoms with Crippen molar-refractivity contribution < 1.29 is 4.42 Å². The molecule has 0 spiro atoms. The Hall–Kier alpha value is -1.67. The molecule has 100 valence electrons. The second-order valence-corrected chi connectivity index (χ2v) is 5.07. The van der Waals surface area contributed by atoms with Gasteiger partial charge in [0.05, 0.1) is 11.3 Å². The monoisotopic (exact) mass is 275 g/mol. The number of aryl methyl sites for hydroxylation is 3. The lowest BCUT2D eigenvalue weighted by Gasteiger charge is -2.00. The second kappa shape index (κ2) is 5.98. The molecular weight excluding hydrogens is 258 g/mol. The quantitative estimate of drug-likeness (QED) is 0.830. The summed E-state index contributed by atoms with van der Waals surface area (Å²) in [6.45, 7) is 4.19. The second-order valence-electron chi connectivity index (χ2n) is 4.64. The number of rotatable bonds is 4. The largest absolute Gasteiger partial charge is 0.464 e. The summed E-state index contributed by atoms with van der Waals surface area (Å²) in [6, 6.07) is 4.27. The minimum absolute atomic E-state index is 0.559. The van der Waals surface area contributed by atoms with Gasteiger partial charge in [0, 0.05) is 11.6 Å². The van der Waals surface area contributed by atoms with Gasteiger partial charge >= 0.3 is 0 Å². The van der Waals surface area contributed by atoms with Crippen molar-refractivity contribution in [2.45, 2.75) is 26.7 Å². The lowest BCUT2D eigenvalue weighted by Crippen LogP contribution is -1.84. The van der Waals surface area contributed by atoms with Crippen LogP contribution < -0.4 is 5.73 Å². The van der Waals surface area contributed by atoms with E-state index >= 15 is 0 Å². The molecule has 0 saturated heterocycles. The van der Waals surface area contributed by atoms with Crippen molar-refractivity contribution in [2.24, 2.45) is 5.73 Å². The van der Waals surface area contributed by atoms with Crippen molar-refractivity contribution in [1.29, 1.82) is 0 Å². The van der Waals surface area contributed by atoms with E-state index < -0.39 is 0 Å². The fourth-order valence-corrected chi connectivity index (χ4v) is 2.16. The molecule has 0 saturated carbocycles. The number of benzene rings is 1. The third-order valence-corrected chi connectivity index (χ3v) is 3.61. The summed E-state index contributed by atoms with van der Waals surface area (Å²) in [6.07, 6.45) is 8.92. The molecular formula is C16H18ClNO. The Morgan fingerprint density at radius 2 is 2.16 bits per heavy atom. The van der Waals surface area contributed by atoms with Crippen LogP contribution in [0.15, 0.2) is 46.2 Å². The van der Waals surface area contributed by atoms with E-state index in [1.54, 1.807) is 0 Å². The van der Waals surface area contributed by atoms with Gasteiger partial charge in [-0.15, -0.1) is 0 Å². The highest BCUT2D eigenvalue weighted by molar-refractivity contribution is 6.31. The molecule has 1 aromatic carbocycles. The predicted molar refractivity (Wildman–Crippen MR) is 81.3 cm³/mol. The molecule has 0 aliphatic carbocycles. The lowest BCUT2D eigenvalue weighted by atomic mass is 10.0. The van der Waals surface area contributed by atoms with Crippen molar-refractivity contribution in [3.8, 4) is 0 Å². The number of furan rings is 1. The number of fused-ring (bicyclic) bond motifs is 1. The van der Waals surface area contributed by atoms with Crippen LogP contribution in [0, 0.1) is 13.8 Å². The highest BCUT2D eigenvalue weighted by Crippen LogP contribution is 2.27. The van der Waals surface area contributed by atoms with Gasteiger partial charge in [0.2, 0.25) is 0 Å². The van der Waals surface area contributed by atoms with Crippen molar-refractivity contribution in [1.82, 2.24) is 0 Å². The fourth-order valence-electron chi connectivity index (χ4n) is 2.07. The molecule has 2 N–H and O–H groups in total. The van der Waals surface area contributed by atoms with E-state index in [4.69, 9.17) is 21.8 Å². The first-order valence-corrected chi connectivity index (χ1v) is 6.71. The molecule has 0 fully saturated rings. The summed E-state index contributed by atoms with van der Waals surface area (Å²) in [7, 11) is 0. The zero-order valence-corrected chi connectivity index (χ0v) is 12.0. The maximum absolute atomic E-state index is 5.79. The zero-order valence-electron chi connectivity index (χ0n) is 11.2. The third kappa shape index (κ3) is 3.02. The maximum atomic E-state index is 5.79. The Morgan fingerprint density at radius 1 is 1.37 bits per heavy atom. The lowest BCUT2D eigenvalue weighted by molar-refractivity contribution is 0.607. The van der Waals surface area contributed by atoms with Crippen molar-refractivity contribution in [3.63, 3.8) is 0 Å². The molecule has 0 bridgehead atoms. The number of nitrogens with two attached hydrogens (primary N) is 1. The first-order chi connectivity index (χ1) is 9.13. The number of hydrogen-bond donors (Lipinski definition) is 1. The molecule has 1 aromatic heterocycles. The summed E-state index contributed by atoms with van der Waals surface area (Å²) in [5.74, 6) is 0. The fraction of sp³-hybridized carbons (Fsp3) is 0.250. The van der Waals surface area contributed by atoms with E-state index in [-0.39, 0.29) is 0 Å². The first-order valence-electron chi connectivity index (χ1n) is 6.33. The van der Waals surface area contributed by atoms with E-state index in [9.17, 15) is 0 Å². The van der Waals surface area contributed by atoms with E-state index in [0.29, 0.717) is 5.03 Å². The smallest absolute Gasteiger partial charge is 0.137 e. The van der Waals surface area contributed by atoms with Gasteiger partial charge in [0.25, 0.3) is 0 Å². The summed E-state index contributed by atoms with van der Waals surface area (Å²) < 4.78 is 5.68. The highest BCUT2D eigenvalue weighted by Gasteiger charge is 2.08. The van der Waals surface area contributed by atoms with Crippen LogP contribution in [-0.2, 0) is 6.42 Å². The van der Waals surface area contributed by atoms with Crippen molar-refractivity contribution in [3.05, 3.63) is 58.5 Å². The van der Waals surface area contributed by atoms with E-state index in [0.717, 1.165) is 18.4 Å². The summed E-state index contributed by atoms with van der Waals surface area (Å²) >= 11 is 5.79. The zero-order chi connectivity index (χ0) is 13.8. The van der Waals surface area contributed by atoms with Crippen LogP contribution >= 0.6 is 11.6 Å². The van der Waals surface area contributed by atoms with E-state index in [1.165, 1.54) is 28.3 Å². The number of allylic oxidation sites excluding steroid dienone is 3. The average molecular weight is 276 g/mol. The molecule has 2 aromatic rings. The van der Waals surface area contributed by atoms with Crippen molar-refractivity contribution >= 4 is 22.6 Å². The summed E-state index contributed by atoms with van der Waals surface area (Å²) in [4.78, 5) is 0. The molecule has 2 rings (SSSR count). The Morgan fingerprint density at radius 3 is 2.89 bits per heavy atom. The number of hydrogen-bond acceptors (Lipinski definition) is 2. The van der Waals surface area contributed by atoms with Gasteiger partial charge in [0.1, 0.15) is 5.58 Å². The van der Waals surface area contributed by atoms with Crippen LogP contribution in [0.4, 0.5) is 0 Å². The van der Waals surface area contributed by atoms with Gasteiger partial charge in [-0.1, -0.05) is 29.8 Å².